The van der Waals surface area contributed by atoms with E-state index in [1.165, 1.54) is 6.08 Å². The van der Waals surface area contributed by atoms with Gasteiger partial charge in [-0.25, -0.2) is 9.17 Å². The number of methoxy groups -OCH3 is 1. The molecular formula is C21H26F3N3O4S. The first-order valence-electron chi connectivity index (χ1n) is 10.0. The van der Waals surface area contributed by atoms with Crippen LogP contribution in [0.4, 0.5) is 13.2 Å². The molecule has 0 radical (unpaired) electrons. The van der Waals surface area contributed by atoms with Gasteiger partial charge in [-0.3, -0.25) is 0 Å². The number of hydrogen-bond donors (Lipinski definition) is 1. The van der Waals surface area contributed by atoms with E-state index < -0.39 is 21.9 Å². The molecular weight excluding hydrogens is 447 g/mol. The van der Waals surface area contributed by atoms with Crippen LogP contribution in [0.3, 0.4) is 0 Å². The molecule has 176 valence electrons. The van der Waals surface area contributed by atoms with Gasteiger partial charge < -0.3 is 14.6 Å². The normalized spacial score (nSPS) is 18.3. The van der Waals surface area contributed by atoms with Crippen molar-refractivity contribution in [2.24, 2.45) is 0 Å². The number of halogens is 3. The molecule has 1 unspecified atom stereocenters. The third kappa shape index (κ3) is 4.55. The van der Waals surface area contributed by atoms with Gasteiger partial charge in [-0.1, -0.05) is 13.0 Å². The van der Waals surface area contributed by atoms with Crippen molar-refractivity contribution in [1.29, 1.82) is 0 Å². The van der Waals surface area contributed by atoms with Gasteiger partial charge in [0.25, 0.3) is 0 Å². The number of hydrogen-bond acceptors (Lipinski definition) is 6. The lowest BCUT2D eigenvalue weighted by molar-refractivity contribution is -0.0566. The molecule has 0 aromatic carbocycles. The van der Waals surface area contributed by atoms with E-state index in [-0.39, 0.29) is 6.04 Å². The fraction of sp³-hybridized carbons (Fsp3) is 0.476. The molecule has 7 nitrogen and oxygen atoms in total. The SMILES string of the molecule is CCC1=C(c2nc3c(C)cn([C@@H](C)COC)c3cc2C)C=CC(OS(=O)(=O)C(F)(F)F)N1. The Labute approximate surface area is 185 Å². The highest BCUT2D eigenvalue weighted by molar-refractivity contribution is 7.87. The van der Waals surface area contributed by atoms with Crippen LogP contribution in [0.1, 0.15) is 43.1 Å². The number of nitrogens with one attached hydrogen (secondary N) is 1. The molecule has 0 saturated heterocycles. The van der Waals surface area contributed by atoms with Crippen molar-refractivity contribution in [2.45, 2.75) is 51.9 Å². The zero-order valence-electron chi connectivity index (χ0n) is 18.4. The Morgan fingerprint density at radius 2 is 1.97 bits per heavy atom. The van der Waals surface area contributed by atoms with Gasteiger partial charge in [-0.2, -0.15) is 21.6 Å². The predicted molar refractivity (Wildman–Crippen MR) is 115 cm³/mol. The number of nitrogens with zero attached hydrogens (tertiary/aromatic N) is 2. The van der Waals surface area contributed by atoms with Gasteiger partial charge in [0.05, 0.1) is 29.4 Å². The van der Waals surface area contributed by atoms with Crippen LogP contribution >= 0.6 is 0 Å². The number of rotatable bonds is 7. The molecule has 0 spiro atoms. The highest BCUT2D eigenvalue weighted by Gasteiger charge is 2.48. The van der Waals surface area contributed by atoms with Crippen molar-refractivity contribution in [3.63, 3.8) is 0 Å². The standard InChI is InChI=1S/C21H26F3N3O4S/c1-6-16-15(7-8-18(25-16)31-32(28,29)21(22,23)24)19-12(2)9-17-20(26-19)13(3)10-27(17)14(4)11-30-5/h7-10,14,18,25H,6,11H2,1-5H3/t14-,18?/m0/s1. The lowest BCUT2D eigenvalue weighted by Crippen LogP contribution is -2.38. The summed E-state index contributed by atoms with van der Waals surface area (Å²) in [4.78, 5) is 4.85. The Hall–Kier alpha value is -2.37. The van der Waals surface area contributed by atoms with Crippen molar-refractivity contribution in [1.82, 2.24) is 14.9 Å². The van der Waals surface area contributed by atoms with E-state index in [1.54, 1.807) is 20.1 Å². The summed E-state index contributed by atoms with van der Waals surface area (Å²) in [5.41, 5.74) is -0.00472. The molecule has 11 heteroatoms. The van der Waals surface area contributed by atoms with E-state index in [0.717, 1.165) is 22.2 Å². The smallest absolute Gasteiger partial charge is 0.383 e. The summed E-state index contributed by atoms with van der Waals surface area (Å²) in [7, 11) is -4.08. The minimum absolute atomic E-state index is 0.110. The van der Waals surface area contributed by atoms with Crippen LogP contribution in [0.25, 0.3) is 16.6 Å². The largest absolute Gasteiger partial charge is 0.523 e. The van der Waals surface area contributed by atoms with E-state index in [1.807, 2.05) is 33.0 Å². The van der Waals surface area contributed by atoms with E-state index in [0.29, 0.717) is 30.0 Å². The maximum Gasteiger partial charge on any atom is 0.523 e. The number of aromatic nitrogens is 2. The van der Waals surface area contributed by atoms with Crippen molar-refractivity contribution in [2.75, 3.05) is 13.7 Å². The topological polar surface area (TPSA) is 82.5 Å². The van der Waals surface area contributed by atoms with Gasteiger partial charge >= 0.3 is 15.6 Å². The quantitative estimate of drug-likeness (QED) is 0.476. The van der Waals surface area contributed by atoms with Crippen LogP contribution in [-0.4, -0.2) is 43.4 Å². The van der Waals surface area contributed by atoms with Gasteiger partial charge in [-0.05, 0) is 50.5 Å². The number of alkyl halides is 3. The first-order chi connectivity index (χ1) is 14.9. The van der Waals surface area contributed by atoms with Crippen LogP contribution in [0, 0.1) is 13.8 Å². The van der Waals surface area contributed by atoms with E-state index in [9.17, 15) is 21.6 Å². The van der Waals surface area contributed by atoms with Crippen LogP contribution in [0.15, 0.2) is 30.1 Å². The van der Waals surface area contributed by atoms with Crippen molar-refractivity contribution in [3.05, 3.63) is 46.9 Å². The third-order valence-electron chi connectivity index (χ3n) is 5.26. The summed E-state index contributed by atoms with van der Waals surface area (Å²) in [6.45, 7) is 8.26. The van der Waals surface area contributed by atoms with Crippen molar-refractivity contribution >= 4 is 26.7 Å². The molecule has 0 bridgehead atoms. The Balaban J connectivity index is 1.99. The lowest BCUT2D eigenvalue weighted by atomic mass is 10.00. The molecule has 2 aromatic heterocycles. The molecule has 0 fully saturated rings. The summed E-state index contributed by atoms with van der Waals surface area (Å²) in [5, 5.41) is 2.74. The van der Waals surface area contributed by atoms with Gasteiger partial charge in [-0.15, -0.1) is 0 Å². The van der Waals surface area contributed by atoms with Crippen LogP contribution in [0.2, 0.25) is 0 Å². The van der Waals surface area contributed by atoms with Crippen LogP contribution in [-0.2, 0) is 19.0 Å². The summed E-state index contributed by atoms with van der Waals surface area (Å²) >= 11 is 0. The number of pyridine rings is 1. The number of dihydropyridines is 1. The molecule has 1 aliphatic heterocycles. The summed E-state index contributed by atoms with van der Waals surface area (Å²) in [5.74, 6) is 0. The highest BCUT2D eigenvalue weighted by Crippen LogP contribution is 2.32. The van der Waals surface area contributed by atoms with E-state index >= 15 is 0 Å². The molecule has 3 heterocycles. The molecule has 0 aliphatic carbocycles. The van der Waals surface area contributed by atoms with Gasteiger partial charge in [0.2, 0.25) is 0 Å². The molecule has 3 rings (SSSR count). The number of fused-ring (bicyclic) bond motifs is 1. The van der Waals surface area contributed by atoms with Crippen LogP contribution < -0.4 is 5.32 Å². The molecule has 0 saturated carbocycles. The Kier molecular flexibility index (Phi) is 6.73. The monoisotopic (exact) mass is 473 g/mol. The van der Waals surface area contributed by atoms with Crippen molar-refractivity contribution in [3.8, 4) is 0 Å². The molecule has 2 aromatic rings. The molecule has 1 aliphatic rings. The first-order valence-corrected chi connectivity index (χ1v) is 11.5. The van der Waals surface area contributed by atoms with Gasteiger partial charge in [0, 0.05) is 24.6 Å². The van der Waals surface area contributed by atoms with Gasteiger partial charge in [0.15, 0.2) is 6.23 Å². The second kappa shape index (κ2) is 8.87. The molecule has 32 heavy (non-hydrogen) atoms. The predicted octanol–water partition coefficient (Wildman–Crippen LogP) is 4.33. The Morgan fingerprint density at radius 3 is 2.56 bits per heavy atom. The zero-order chi connectivity index (χ0) is 23.8. The minimum atomic E-state index is -5.73. The second-order valence-electron chi connectivity index (χ2n) is 7.71. The molecule has 1 N–H and O–H groups in total. The molecule has 0 amide bonds. The zero-order valence-corrected chi connectivity index (χ0v) is 19.3. The van der Waals surface area contributed by atoms with Crippen LogP contribution in [0.5, 0.6) is 0 Å². The average Bonchev–Trinajstić information content (AvgIpc) is 3.02. The van der Waals surface area contributed by atoms with E-state index in [2.05, 4.69) is 14.1 Å². The fourth-order valence-electron chi connectivity index (χ4n) is 3.73. The van der Waals surface area contributed by atoms with E-state index in [4.69, 9.17) is 9.72 Å². The summed E-state index contributed by atoms with van der Waals surface area (Å²) in [6.07, 6.45) is 3.76. The first kappa shape index (κ1) is 24.3. The number of ether oxygens (including phenoxy) is 1. The Morgan fingerprint density at radius 1 is 1.28 bits per heavy atom. The average molecular weight is 474 g/mol. The second-order valence-corrected chi connectivity index (χ2v) is 9.27. The number of aryl methyl sites for hydroxylation is 2. The molecule has 2 atom stereocenters. The third-order valence-corrected chi connectivity index (χ3v) is 6.29. The highest BCUT2D eigenvalue weighted by atomic mass is 32.2. The maximum absolute atomic E-state index is 12.7. The lowest BCUT2D eigenvalue weighted by Gasteiger charge is -2.25. The Bertz CT molecular complexity index is 1180. The summed E-state index contributed by atoms with van der Waals surface area (Å²) in [6, 6.07) is 2.13. The minimum Gasteiger partial charge on any atom is -0.383 e. The van der Waals surface area contributed by atoms with Gasteiger partial charge in [0.1, 0.15) is 0 Å². The maximum atomic E-state index is 12.7. The number of allylic oxidation sites excluding steroid dienone is 3. The fourth-order valence-corrected chi connectivity index (χ4v) is 4.22. The van der Waals surface area contributed by atoms with Crippen molar-refractivity contribution < 1.29 is 30.5 Å². The summed E-state index contributed by atoms with van der Waals surface area (Å²) < 4.78 is 72.4.